The van der Waals surface area contributed by atoms with E-state index >= 15 is 0 Å². The zero-order valence-corrected chi connectivity index (χ0v) is 14.2. The van der Waals surface area contributed by atoms with E-state index in [0.717, 1.165) is 17.0 Å². The highest BCUT2D eigenvalue weighted by Gasteiger charge is 2.24. The molecule has 2 heterocycles. The van der Waals surface area contributed by atoms with E-state index in [-0.39, 0.29) is 11.6 Å². The fourth-order valence-corrected chi connectivity index (χ4v) is 2.52. The molecule has 6 nitrogen and oxygen atoms in total. The number of cyclic esters (lactones) is 1. The molecule has 0 fully saturated rings. The van der Waals surface area contributed by atoms with Gasteiger partial charge in [0.2, 0.25) is 5.90 Å². The van der Waals surface area contributed by atoms with Crippen molar-refractivity contribution in [1.29, 1.82) is 5.26 Å². The lowest BCUT2D eigenvalue weighted by atomic mass is 10.2. The summed E-state index contributed by atoms with van der Waals surface area (Å²) >= 11 is 0. The minimum Gasteiger partial charge on any atom is -0.494 e. The SMILES string of the molecule is CCOc1ccc(C2=N/C(=C\c3cc(C#N)n(C)c3C)C(=O)O2)cc1. The van der Waals surface area contributed by atoms with Gasteiger partial charge in [-0.1, -0.05) is 0 Å². The van der Waals surface area contributed by atoms with Gasteiger partial charge in [0.1, 0.15) is 17.5 Å². The minimum absolute atomic E-state index is 0.210. The summed E-state index contributed by atoms with van der Waals surface area (Å²) in [5.74, 6) is 0.495. The molecule has 0 atom stereocenters. The van der Waals surface area contributed by atoms with E-state index in [0.29, 0.717) is 17.9 Å². The van der Waals surface area contributed by atoms with E-state index in [4.69, 9.17) is 14.7 Å². The van der Waals surface area contributed by atoms with Gasteiger partial charge in [-0.05, 0) is 55.8 Å². The number of ether oxygens (including phenoxy) is 2. The second-order valence-electron chi connectivity index (χ2n) is 5.53. The fraction of sp³-hybridized carbons (Fsp3) is 0.211. The van der Waals surface area contributed by atoms with Crippen molar-refractivity contribution in [2.75, 3.05) is 6.61 Å². The number of aliphatic imine (C=N–C) groups is 1. The highest BCUT2D eigenvalue weighted by molar-refractivity contribution is 6.12. The quantitative estimate of drug-likeness (QED) is 0.636. The summed E-state index contributed by atoms with van der Waals surface area (Å²) in [6, 6.07) is 11.0. The number of aromatic nitrogens is 1. The molecule has 3 rings (SSSR count). The molecule has 6 heteroatoms. The Hall–Kier alpha value is -3.33. The van der Waals surface area contributed by atoms with Crippen molar-refractivity contribution in [3.8, 4) is 11.8 Å². The molecule has 126 valence electrons. The van der Waals surface area contributed by atoms with Gasteiger partial charge in [0.25, 0.3) is 0 Å². The van der Waals surface area contributed by atoms with E-state index in [2.05, 4.69) is 11.1 Å². The van der Waals surface area contributed by atoms with E-state index in [1.54, 1.807) is 48.0 Å². The Morgan fingerprint density at radius 3 is 2.68 bits per heavy atom. The van der Waals surface area contributed by atoms with Gasteiger partial charge in [-0.25, -0.2) is 9.79 Å². The van der Waals surface area contributed by atoms with E-state index < -0.39 is 5.97 Å². The Labute approximate surface area is 145 Å². The first kappa shape index (κ1) is 16.5. The van der Waals surface area contributed by atoms with Crippen LogP contribution < -0.4 is 4.74 Å². The maximum Gasteiger partial charge on any atom is 0.363 e. The van der Waals surface area contributed by atoms with Gasteiger partial charge in [0.15, 0.2) is 5.70 Å². The summed E-state index contributed by atoms with van der Waals surface area (Å²) in [7, 11) is 1.80. The molecular weight excluding hydrogens is 318 g/mol. The second kappa shape index (κ2) is 6.65. The Morgan fingerprint density at radius 2 is 2.08 bits per heavy atom. The molecule has 0 aliphatic carbocycles. The average molecular weight is 335 g/mol. The predicted octanol–water partition coefficient (Wildman–Crippen LogP) is 2.95. The monoisotopic (exact) mass is 335 g/mol. The third kappa shape index (κ3) is 3.17. The zero-order chi connectivity index (χ0) is 18.0. The molecule has 0 saturated heterocycles. The van der Waals surface area contributed by atoms with Crippen LogP contribution in [0, 0.1) is 18.3 Å². The molecule has 0 N–H and O–H groups in total. The van der Waals surface area contributed by atoms with Gasteiger partial charge in [-0.2, -0.15) is 5.26 Å². The molecule has 0 saturated carbocycles. The third-order valence-electron chi connectivity index (χ3n) is 4.01. The van der Waals surface area contributed by atoms with Crippen LogP contribution in [-0.4, -0.2) is 23.0 Å². The highest BCUT2D eigenvalue weighted by atomic mass is 16.6. The predicted molar refractivity (Wildman–Crippen MR) is 93.1 cm³/mol. The number of benzene rings is 1. The third-order valence-corrected chi connectivity index (χ3v) is 4.01. The van der Waals surface area contributed by atoms with Crippen LogP contribution >= 0.6 is 0 Å². The van der Waals surface area contributed by atoms with Gasteiger partial charge in [-0.3, -0.25) is 0 Å². The number of nitriles is 1. The summed E-state index contributed by atoms with van der Waals surface area (Å²) in [5, 5.41) is 9.10. The van der Waals surface area contributed by atoms with Crippen molar-refractivity contribution in [3.63, 3.8) is 0 Å². The maximum atomic E-state index is 12.1. The number of hydrogen-bond acceptors (Lipinski definition) is 5. The summed E-state index contributed by atoms with van der Waals surface area (Å²) in [4.78, 5) is 16.4. The second-order valence-corrected chi connectivity index (χ2v) is 5.53. The number of carbonyl (C=O) groups is 1. The normalized spacial score (nSPS) is 15.0. The fourth-order valence-electron chi connectivity index (χ4n) is 2.52. The van der Waals surface area contributed by atoms with Crippen LogP contribution in [0.4, 0.5) is 0 Å². The first-order chi connectivity index (χ1) is 12.0. The van der Waals surface area contributed by atoms with Crippen LogP contribution in [0.15, 0.2) is 41.0 Å². The highest BCUT2D eigenvalue weighted by Crippen LogP contribution is 2.23. The molecule has 0 bridgehead atoms. The topological polar surface area (TPSA) is 76.6 Å². The van der Waals surface area contributed by atoms with Crippen molar-refractivity contribution < 1.29 is 14.3 Å². The lowest BCUT2D eigenvalue weighted by Gasteiger charge is -2.03. The first-order valence-corrected chi connectivity index (χ1v) is 7.85. The van der Waals surface area contributed by atoms with Crippen molar-refractivity contribution in [2.45, 2.75) is 13.8 Å². The number of carbonyl (C=O) groups excluding carboxylic acids is 1. The molecular formula is C19H17N3O3. The average Bonchev–Trinajstić information content (AvgIpc) is 3.11. The molecule has 1 aromatic carbocycles. The Kier molecular flexibility index (Phi) is 4.40. The Bertz CT molecular complexity index is 928. The summed E-state index contributed by atoms with van der Waals surface area (Å²) in [6.07, 6.45) is 1.64. The van der Waals surface area contributed by atoms with Crippen molar-refractivity contribution in [1.82, 2.24) is 4.57 Å². The number of hydrogen-bond donors (Lipinski definition) is 0. The van der Waals surface area contributed by atoms with Crippen LogP contribution in [0.2, 0.25) is 0 Å². The van der Waals surface area contributed by atoms with Crippen LogP contribution in [0.1, 0.15) is 29.4 Å². The molecule has 2 aromatic rings. The molecule has 25 heavy (non-hydrogen) atoms. The first-order valence-electron chi connectivity index (χ1n) is 7.85. The van der Waals surface area contributed by atoms with Gasteiger partial charge in [0, 0.05) is 18.3 Å². The molecule has 0 spiro atoms. The molecule has 0 radical (unpaired) electrons. The molecule has 1 aromatic heterocycles. The number of esters is 1. The van der Waals surface area contributed by atoms with Crippen LogP contribution in [-0.2, 0) is 16.6 Å². The number of rotatable bonds is 4. The van der Waals surface area contributed by atoms with Gasteiger partial charge < -0.3 is 14.0 Å². The maximum absolute atomic E-state index is 12.1. The Morgan fingerprint density at radius 1 is 1.36 bits per heavy atom. The van der Waals surface area contributed by atoms with E-state index in [9.17, 15) is 4.79 Å². The smallest absolute Gasteiger partial charge is 0.363 e. The molecule has 0 unspecified atom stereocenters. The van der Waals surface area contributed by atoms with Gasteiger partial charge in [-0.15, -0.1) is 0 Å². The molecule has 0 amide bonds. The van der Waals surface area contributed by atoms with Crippen LogP contribution in [0.5, 0.6) is 5.75 Å². The Balaban J connectivity index is 1.91. The lowest BCUT2D eigenvalue weighted by molar-refractivity contribution is -0.129. The van der Waals surface area contributed by atoms with Gasteiger partial charge in [0.05, 0.1) is 6.61 Å². The van der Waals surface area contributed by atoms with Crippen molar-refractivity contribution >= 4 is 17.9 Å². The van der Waals surface area contributed by atoms with E-state index in [1.807, 2.05) is 13.8 Å². The van der Waals surface area contributed by atoms with Gasteiger partial charge >= 0.3 is 5.97 Å². The standard InChI is InChI=1S/C19H17N3O3/c1-4-24-16-7-5-13(6-8-16)18-21-17(19(23)25-18)10-14-9-15(11-20)22(3)12(14)2/h5-10H,4H2,1-3H3/b17-10-. The van der Waals surface area contributed by atoms with Crippen LogP contribution in [0.3, 0.4) is 0 Å². The lowest BCUT2D eigenvalue weighted by Crippen LogP contribution is -2.05. The van der Waals surface area contributed by atoms with Crippen LogP contribution in [0.25, 0.3) is 6.08 Å². The van der Waals surface area contributed by atoms with Crippen molar-refractivity contribution in [3.05, 3.63) is 58.5 Å². The number of nitrogens with zero attached hydrogens (tertiary/aromatic N) is 3. The van der Waals surface area contributed by atoms with Crippen molar-refractivity contribution in [2.24, 2.45) is 12.0 Å². The summed E-state index contributed by atoms with van der Waals surface area (Å²) in [5.41, 5.74) is 3.07. The minimum atomic E-state index is -0.509. The molecule has 1 aliphatic heterocycles. The van der Waals surface area contributed by atoms with E-state index in [1.165, 1.54) is 0 Å². The summed E-state index contributed by atoms with van der Waals surface area (Å²) in [6.45, 7) is 4.38. The molecule has 1 aliphatic rings. The summed E-state index contributed by atoms with van der Waals surface area (Å²) < 4.78 is 12.4. The zero-order valence-electron chi connectivity index (χ0n) is 14.2. The largest absolute Gasteiger partial charge is 0.494 e.